The molecule has 170 valence electrons. The number of carbonyl (C=O) groups is 1. The summed E-state index contributed by atoms with van der Waals surface area (Å²) >= 11 is 6.97. The molecule has 0 bridgehead atoms. The number of nitrogens with zero attached hydrogens (tertiary/aromatic N) is 2. The van der Waals surface area contributed by atoms with Crippen LogP contribution in [0.15, 0.2) is 65.8 Å². The number of amides is 1. The van der Waals surface area contributed by atoms with E-state index in [2.05, 4.69) is 9.84 Å². The van der Waals surface area contributed by atoms with E-state index < -0.39 is 40.8 Å². The van der Waals surface area contributed by atoms with Gasteiger partial charge in [0.25, 0.3) is 5.91 Å². The van der Waals surface area contributed by atoms with E-state index in [1.807, 2.05) is 0 Å². The zero-order valence-corrected chi connectivity index (χ0v) is 18.0. The number of benzene rings is 3. The molecule has 0 saturated heterocycles. The van der Waals surface area contributed by atoms with E-state index in [4.69, 9.17) is 11.6 Å². The molecule has 0 aromatic heterocycles. The smallest absolute Gasteiger partial charge is 0.387 e. The first-order chi connectivity index (χ1) is 15.8. The van der Waals surface area contributed by atoms with Gasteiger partial charge in [0.2, 0.25) is 5.82 Å². The number of hydrogen-bond acceptors (Lipinski definition) is 5. The molecule has 1 heterocycles. The highest BCUT2D eigenvalue weighted by atomic mass is 35.5. The number of para-hydroxylation sites is 1. The Morgan fingerprint density at radius 1 is 1.09 bits per heavy atom. The predicted molar refractivity (Wildman–Crippen MR) is 116 cm³/mol. The van der Waals surface area contributed by atoms with Crippen LogP contribution >= 0.6 is 23.4 Å². The van der Waals surface area contributed by atoms with Crippen LogP contribution in [0.1, 0.15) is 26.9 Å². The quantitative estimate of drug-likeness (QED) is 0.429. The highest BCUT2D eigenvalue weighted by Gasteiger charge is 2.38. The summed E-state index contributed by atoms with van der Waals surface area (Å²) in [5.41, 5.74) is 0.213. The lowest BCUT2D eigenvalue weighted by Gasteiger charge is -2.23. The lowest BCUT2D eigenvalue weighted by molar-refractivity contribution is -0.0507. The summed E-state index contributed by atoms with van der Waals surface area (Å²) in [6, 6.07) is 13.9. The Morgan fingerprint density at radius 2 is 1.79 bits per heavy atom. The van der Waals surface area contributed by atoms with E-state index >= 15 is 0 Å². The van der Waals surface area contributed by atoms with E-state index in [9.17, 15) is 27.5 Å². The molecule has 0 saturated carbocycles. The van der Waals surface area contributed by atoms with Gasteiger partial charge < -0.3 is 9.84 Å². The second kappa shape index (κ2) is 9.32. The van der Waals surface area contributed by atoms with Gasteiger partial charge in [-0.25, -0.2) is 9.40 Å². The standard InChI is InChI=1S/C22H13ClF4N2O3S/c23-12-7-5-11(6-8-12)19-28-29(20(31)14-9-10-15(24)17(25)18(14)30)21(33-19)13-3-1-2-4-16(13)32-22(26)27/h1-10,21-22,30H. The maximum absolute atomic E-state index is 13.9. The van der Waals surface area contributed by atoms with Crippen molar-refractivity contribution in [2.45, 2.75) is 12.0 Å². The zero-order valence-electron chi connectivity index (χ0n) is 16.4. The number of ether oxygens (including phenoxy) is 1. The second-order valence-corrected chi connectivity index (χ2v) is 8.21. The number of phenolic OH excluding ortho intramolecular Hbond substituents is 1. The molecule has 5 nitrogen and oxygen atoms in total. The molecule has 0 aliphatic carbocycles. The Labute approximate surface area is 194 Å². The minimum atomic E-state index is -3.12. The molecule has 0 spiro atoms. The predicted octanol–water partition coefficient (Wildman–Crippen LogP) is 6.17. The van der Waals surface area contributed by atoms with Crippen molar-refractivity contribution in [3.63, 3.8) is 0 Å². The molecule has 3 aromatic carbocycles. The number of halogens is 5. The summed E-state index contributed by atoms with van der Waals surface area (Å²) in [6.07, 6.45) is 0. The fraction of sp³-hybridized carbons (Fsp3) is 0.0909. The van der Waals surface area contributed by atoms with Crippen molar-refractivity contribution in [2.75, 3.05) is 0 Å². The van der Waals surface area contributed by atoms with Crippen molar-refractivity contribution in [1.82, 2.24) is 5.01 Å². The molecule has 1 aliphatic heterocycles. The fourth-order valence-corrected chi connectivity index (χ4v) is 4.43. The number of alkyl halides is 2. The molecule has 11 heteroatoms. The van der Waals surface area contributed by atoms with Crippen molar-refractivity contribution in [3.05, 3.63) is 94.0 Å². The molecule has 1 N–H and O–H groups in total. The third kappa shape index (κ3) is 4.62. The topological polar surface area (TPSA) is 62.1 Å². The molecule has 0 radical (unpaired) electrons. The van der Waals surface area contributed by atoms with Gasteiger partial charge in [0.15, 0.2) is 11.6 Å². The van der Waals surface area contributed by atoms with Crippen LogP contribution in [0, 0.1) is 11.6 Å². The molecule has 0 fully saturated rings. The van der Waals surface area contributed by atoms with Crippen molar-refractivity contribution < 1.29 is 32.2 Å². The third-order valence-electron chi connectivity index (χ3n) is 4.64. The minimum Gasteiger partial charge on any atom is -0.504 e. The Bertz CT molecular complexity index is 1240. The van der Waals surface area contributed by atoms with Gasteiger partial charge in [0, 0.05) is 16.1 Å². The SMILES string of the molecule is O=C(c1ccc(F)c(F)c1O)N1N=C(c2ccc(Cl)cc2)SC1c1ccccc1OC(F)F. The summed E-state index contributed by atoms with van der Waals surface area (Å²) in [5.74, 6) is -5.27. The van der Waals surface area contributed by atoms with Crippen LogP contribution in [0.4, 0.5) is 17.6 Å². The van der Waals surface area contributed by atoms with Crippen molar-refractivity contribution in [3.8, 4) is 11.5 Å². The maximum Gasteiger partial charge on any atom is 0.387 e. The summed E-state index contributed by atoms with van der Waals surface area (Å²) in [5, 5.41) is 15.0. The van der Waals surface area contributed by atoms with Gasteiger partial charge in [-0.15, -0.1) is 0 Å². The van der Waals surface area contributed by atoms with E-state index in [0.29, 0.717) is 21.7 Å². The zero-order chi connectivity index (χ0) is 23.7. The van der Waals surface area contributed by atoms with Crippen LogP contribution < -0.4 is 4.74 Å². The van der Waals surface area contributed by atoms with Gasteiger partial charge in [-0.3, -0.25) is 4.79 Å². The largest absolute Gasteiger partial charge is 0.504 e. The molecule has 3 aromatic rings. The Kier molecular flexibility index (Phi) is 6.48. The van der Waals surface area contributed by atoms with Crippen LogP contribution in [-0.4, -0.2) is 27.7 Å². The third-order valence-corrected chi connectivity index (χ3v) is 6.11. The molecule has 1 unspecified atom stereocenters. The Morgan fingerprint density at radius 3 is 2.48 bits per heavy atom. The first-order valence-electron chi connectivity index (χ1n) is 9.31. The van der Waals surface area contributed by atoms with Gasteiger partial charge in [-0.1, -0.05) is 53.7 Å². The van der Waals surface area contributed by atoms with Crippen LogP contribution in [0.2, 0.25) is 5.02 Å². The summed E-state index contributed by atoms with van der Waals surface area (Å²) in [7, 11) is 0. The first-order valence-corrected chi connectivity index (χ1v) is 10.6. The highest BCUT2D eigenvalue weighted by molar-refractivity contribution is 8.14. The highest BCUT2D eigenvalue weighted by Crippen LogP contribution is 2.46. The fourth-order valence-electron chi connectivity index (χ4n) is 3.12. The van der Waals surface area contributed by atoms with E-state index in [-0.39, 0.29) is 11.3 Å². The molecule has 1 amide bonds. The average molecular weight is 497 g/mol. The number of phenols is 1. The first kappa shape index (κ1) is 22.9. The van der Waals surface area contributed by atoms with Crippen molar-refractivity contribution in [1.29, 1.82) is 0 Å². The van der Waals surface area contributed by atoms with E-state index in [1.54, 1.807) is 30.3 Å². The van der Waals surface area contributed by atoms with Crippen LogP contribution in [0.5, 0.6) is 11.5 Å². The molecular formula is C22H13ClF4N2O3S. The van der Waals surface area contributed by atoms with E-state index in [0.717, 1.165) is 22.8 Å². The van der Waals surface area contributed by atoms with Gasteiger partial charge in [0.1, 0.15) is 16.2 Å². The van der Waals surface area contributed by atoms with Crippen LogP contribution in [0.25, 0.3) is 0 Å². The minimum absolute atomic E-state index is 0.186. The lowest BCUT2D eigenvalue weighted by atomic mass is 10.1. The monoisotopic (exact) mass is 496 g/mol. The number of hydrogen-bond donors (Lipinski definition) is 1. The molecule has 1 aliphatic rings. The van der Waals surface area contributed by atoms with Crippen molar-refractivity contribution >= 4 is 34.3 Å². The summed E-state index contributed by atoms with van der Waals surface area (Å²) in [6.45, 7) is -3.12. The lowest BCUT2D eigenvalue weighted by Crippen LogP contribution is -2.27. The normalized spacial score (nSPS) is 15.6. The van der Waals surface area contributed by atoms with Gasteiger partial charge in [-0.05, 0) is 30.3 Å². The number of rotatable bonds is 5. The molecule has 4 rings (SSSR count). The van der Waals surface area contributed by atoms with Crippen LogP contribution in [-0.2, 0) is 0 Å². The average Bonchev–Trinajstić information content (AvgIpc) is 3.23. The van der Waals surface area contributed by atoms with Gasteiger partial charge in [0.05, 0.1) is 5.56 Å². The Hall–Kier alpha value is -3.24. The van der Waals surface area contributed by atoms with Gasteiger partial charge in [-0.2, -0.15) is 18.3 Å². The van der Waals surface area contributed by atoms with E-state index in [1.165, 1.54) is 18.2 Å². The molecule has 33 heavy (non-hydrogen) atoms. The van der Waals surface area contributed by atoms with Crippen LogP contribution in [0.3, 0.4) is 0 Å². The molecule has 1 atom stereocenters. The summed E-state index contributed by atoms with van der Waals surface area (Å²) < 4.78 is 57.9. The second-order valence-electron chi connectivity index (χ2n) is 6.71. The Balaban J connectivity index is 1.80. The number of thioether (sulfide) groups is 1. The summed E-state index contributed by atoms with van der Waals surface area (Å²) in [4.78, 5) is 13.2. The number of hydrazone groups is 1. The molecular weight excluding hydrogens is 484 g/mol. The number of carbonyl (C=O) groups excluding carboxylic acids is 1. The van der Waals surface area contributed by atoms with Gasteiger partial charge >= 0.3 is 6.61 Å². The maximum atomic E-state index is 13.9. The van der Waals surface area contributed by atoms with Crippen molar-refractivity contribution in [2.24, 2.45) is 5.10 Å². The number of aromatic hydroxyl groups is 1.